The zero-order valence-electron chi connectivity index (χ0n) is 14.6. The number of aliphatic hydroxyl groups excluding tert-OH is 1. The van der Waals surface area contributed by atoms with Crippen LogP contribution < -0.4 is 11.1 Å². The maximum Gasteiger partial charge on any atom is 0.435 e. The first-order valence-corrected chi connectivity index (χ1v) is 8.70. The van der Waals surface area contributed by atoms with Crippen LogP contribution in [-0.4, -0.2) is 40.5 Å². The number of benzene rings is 1. The number of hydrogen-bond acceptors (Lipinski definition) is 4. The third-order valence-electron chi connectivity index (χ3n) is 4.02. The Balaban J connectivity index is 2.36. The van der Waals surface area contributed by atoms with Crippen molar-refractivity contribution in [3.63, 3.8) is 0 Å². The third-order valence-corrected chi connectivity index (χ3v) is 4.37. The fraction of sp³-hybridized carbons (Fsp3) is 0.412. The van der Waals surface area contributed by atoms with Crippen molar-refractivity contribution < 1.29 is 27.5 Å². The highest BCUT2D eigenvalue weighted by atomic mass is 35.5. The molecule has 1 heterocycles. The maximum atomic E-state index is 13.4. The SMILES string of the molecule is NC(=O)C(Cc1ccc(F)cc1Cl)c1cn(CCNCCO)nc1C(F)(F)F. The summed E-state index contributed by atoms with van der Waals surface area (Å²) >= 11 is 5.94. The number of aliphatic hydroxyl groups is 1. The Morgan fingerprint density at radius 1 is 1.36 bits per heavy atom. The van der Waals surface area contributed by atoms with E-state index < -0.39 is 29.5 Å². The number of nitrogens with two attached hydrogens (primary N) is 1. The van der Waals surface area contributed by atoms with E-state index in [0.717, 1.165) is 23.0 Å². The number of aromatic nitrogens is 2. The molecule has 11 heteroatoms. The molecule has 28 heavy (non-hydrogen) atoms. The van der Waals surface area contributed by atoms with E-state index in [-0.39, 0.29) is 48.8 Å². The molecule has 0 aliphatic rings. The molecule has 6 nitrogen and oxygen atoms in total. The molecule has 1 aromatic carbocycles. The summed E-state index contributed by atoms with van der Waals surface area (Å²) in [4.78, 5) is 11.9. The average molecular weight is 423 g/mol. The highest BCUT2D eigenvalue weighted by molar-refractivity contribution is 6.31. The summed E-state index contributed by atoms with van der Waals surface area (Å²) in [5, 5.41) is 15.1. The van der Waals surface area contributed by atoms with Crippen molar-refractivity contribution in [1.29, 1.82) is 0 Å². The van der Waals surface area contributed by atoms with Crippen LogP contribution in [0.1, 0.15) is 22.7 Å². The third kappa shape index (κ3) is 5.66. The molecule has 1 unspecified atom stereocenters. The quantitative estimate of drug-likeness (QED) is 0.426. The highest BCUT2D eigenvalue weighted by Crippen LogP contribution is 2.36. The van der Waals surface area contributed by atoms with Crippen LogP contribution in [-0.2, 0) is 23.9 Å². The van der Waals surface area contributed by atoms with Gasteiger partial charge < -0.3 is 16.2 Å². The predicted octanol–water partition coefficient (Wildman–Crippen LogP) is 2.09. The summed E-state index contributed by atoms with van der Waals surface area (Å²) in [6.07, 6.45) is -3.90. The van der Waals surface area contributed by atoms with Gasteiger partial charge in [0.25, 0.3) is 0 Å². The summed E-state index contributed by atoms with van der Waals surface area (Å²) in [6.45, 7) is 0.531. The van der Waals surface area contributed by atoms with Crippen LogP contribution in [0.3, 0.4) is 0 Å². The lowest BCUT2D eigenvalue weighted by molar-refractivity contribution is -0.142. The Morgan fingerprint density at radius 2 is 2.07 bits per heavy atom. The van der Waals surface area contributed by atoms with Crippen molar-refractivity contribution in [1.82, 2.24) is 15.1 Å². The summed E-state index contributed by atoms with van der Waals surface area (Å²) in [7, 11) is 0. The number of nitrogens with one attached hydrogen (secondary N) is 1. The molecule has 0 saturated heterocycles. The molecule has 0 saturated carbocycles. The zero-order chi connectivity index (χ0) is 20.9. The van der Waals surface area contributed by atoms with Gasteiger partial charge in [0.05, 0.1) is 19.1 Å². The van der Waals surface area contributed by atoms with Gasteiger partial charge in [0, 0.05) is 29.9 Å². The van der Waals surface area contributed by atoms with Gasteiger partial charge in [-0.3, -0.25) is 9.48 Å². The number of nitrogens with zero attached hydrogens (tertiary/aromatic N) is 2. The molecule has 0 radical (unpaired) electrons. The molecule has 1 atom stereocenters. The maximum absolute atomic E-state index is 13.4. The first-order valence-electron chi connectivity index (χ1n) is 8.32. The normalized spacial score (nSPS) is 12.9. The number of halogens is 5. The van der Waals surface area contributed by atoms with E-state index in [1.54, 1.807) is 0 Å². The fourth-order valence-corrected chi connectivity index (χ4v) is 2.94. The van der Waals surface area contributed by atoms with Crippen LogP contribution >= 0.6 is 11.6 Å². The van der Waals surface area contributed by atoms with Crippen molar-refractivity contribution in [2.45, 2.75) is 25.1 Å². The van der Waals surface area contributed by atoms with Crippen LogP contribution in [0.25, 0.3) is 0 Å². The first-order chi connectivity index (χ1) is 13.1. The van der Waals surface area contributed by atoms with Crippen LogP contribution in [0.5, 0.6) is 0 Å². The van der Waals surface area contributed by atoms with E-state index in [2.05, 4.69) is 10.4 Å². The molecule has 4 N–H and O–H groups in total. The van der Waals surface area contributed by atoms with Crippen LogP contribution in [0.2, 0.25) is 5.02 Å². The summed E-state index contributed by atoms with van der Waals surface area (Å²) in [5.41, 5.74) is 4.06. The van der Waals surface area contributed by atoms with Crippen molar-refractivity contribution in [2.24, 2.45) is 5.73 Å². The van der Waals surface area contributed by atoms with Gasteiger partial charge in [0.1, 0.15) is 5.82 Å². The lowest BCUT2D eigenvalue weighted by atomic mass is 9.91. The van der Waals surface area contributed by atoms with Gasteiger partial charge in [0.2, 0.25) is 5.91 Å². The summed E-state index contributed by atoms with van der Waals surface area (Å²) in [6, 6.07) is 3.40. The number of alkyl halides is 3. The molecule has 1 aromatic heterocycles. The fourth-order valence-electron chi connectivity index (χ4n) is 2.70. The molecule has 0 aliphatic carbocycles. The van der Waals surface area contributed by atoms with Gasteiger partial charge in [-0.05, 0) is 24.1 Å². The number of rotatable bonds is 9. The molecule has 1 amide bonds. The Hall–Kier alpha value is -2.17. The Morgan fingerprint density at radius 3 is 2.64 bits per heavy atom. The second-order valence-electron chi connectivity index (χ2n) is 6.06. The molecule has 0 fully saturated rings. The minimum atomic E-state index is -4.79. The number of carbonyl (C=O) groups excluding carboxylic acids is 1. The molecule has 154 valence electrons. The van der Waals surface area contributed by atoms with Crippen LogP contribution in [0, 0.1) is 5.82 Å². The van der Waals surface area contributed by atoms with Gasteiger partial charge in [-0.15, -0.1) is 0 Å². The van der Waals surface area contributed by atoms with Crippen molar-refractivity contribution in [3.05, 3.63) is 52.1 Å². The molecule has 0 aliphatic heterocycles. The van der Waals surface area contributed by atoms with Crippen LogP contribution in [0.4, 0.5) is 17.6 Å². The minimum absolute atomic E-state index is 0.0135. The van der Waals surface area contributed by atoms with Crippen molar-refractivity contribution in [2.75, 3.05) is 19.7 Å². The first kappa shape index (κ1) is 22.1. The van der Waals surface area contributed by atoms with E-state index in [1.165, 1.54) is 6.07 Å². The van der Waals surface area contributed by atoms with E-state index in [4.69, 9.17) is 22.4 Å². The second kappa shape index (κ2) is 9.35. The second-order valence-corrected chi connectivity index (χ2v) is 6.47. The van der Waals surface area contributed by atoms with Gasteiger partial charge in [0.15, 0.2) is 5.69 Å². The van der Waals surface area contributed by atoms with Crippen LogP contribution in [0.15, 0.2) is 24.4 Å². The highest BCUT2D eigenvalue weighted by Gasteiger charge is 2.40. The molecule has 2 rings (SSSR count). The van der Waals surface area contributed by atoms with Gasteiger partial charge in [-0.1, -0.05) is 17.7 Å². The monoisotopic (exact) mass is 422 g/mol. The van der Waals surface area contributed by atoms with E-state index in [0.29, 0.717) is 0 Å². The van der Waals surface area contributed by atoms with E-state index in [1.807, 2.05) is 0 Å². The molecule has 0 bridgehead atoms. The molecular weight excluding hydrogens is 404 g/mol. The minimum Gasteiger partial charge on any atom is -0.395 e. The average Bonchev–Trinajstić information content (AvgIpc) is 3.02. The number of hydrogen-bond donors (Lipinski definition) is 3. The van der Waals surface area contributed by atoms with Gasteiger partial charge in [-0.2, -0.15) is 18.3 Å². The Labute approximate surface area is 163 Å². The summed E-state index contributed by atoms with van der Waals surface area (Å²) in [5.74, 6) is -2.94. The zero-order valence-corrected chi connectivity index (χ0v) is 15.4. The van der Waals surface area contributed by atoms with Gasteiger partial charge in [-0.25, -0.2) is 4.39 Å². The van der Waals surface area contributed by atoms with Crippen molar-refractivity contribution >= 4 is 17.5 Å². The summed E-state index contributed by atoms with van der Waals surface area (Å²) < 4.78 is 54.6. The molecule has 0 spiro atoms. The molecular formula is C17H19ClF4N4O2. The number of amides is 1. The van der Waals surface area contributed by atoms with E-state index >= 15 is 0 Å². The standard InChI is InChI=1S/C17H19ClF4N4O2/c18-14-8-11(19)2-1-10(14)7-12(16(23)28)13-9-26(5-3-24-4-6-27)25-15(13)17(20,21)22/h1-2,8-9,12,24,27H,3-7H2,(H2,23,28). The largest absolute Gasteiger partial charge is 0.435 e. The molecule has 2 aromatic rings. The van der Waals surface area contributed by atoms with Crippen molar-refractivity contribution in [3.8, 4) is 0 Å². The number of carbonyl (C=O) groups is 1. The lowest BCUT2D eigenvalue weighted by Crippen LogP contribution is -2.25. The predicted molar refractivity (Wildman–Crippen MR) is 94.2 cm³/mol. The number of primary amides is 1. The van der Waals surface area contributed by atoms with Gasteiger partial charge >= 0.3 is 6.18 Å². The van der Waals surface area contributed by atoms with E-state index in [9.17, 15) is 22.4 Å². The Kier molecular flexibility index (Phi) is 7.39. The smallest absolute Gasteiger partial charge is 0.395 e. The lowest BCUT2D eigenvalue weighted by Gasteiger charge is -2.15. The Bertz CT molecular complexity index is 826. The topological polar surface area (TPSA) is 93.2 Å².